The van der Waals surface area contributed by atoms with Gasteiger partial charge in [-0.05, 0) is 13.3 Å². The van der Waals surface area contributed by atoms with E-state index in [1.807, 2.05) is 6.92 Å². The van der Waals surface area contributed by atoms with E-state index < -0.39 is 5.41 Å². The van der Waals surface area contributed by atoms with Crippen LogP contribution in [0.1, 0.15) is 30.6 Å². The van der Waals surface area contributed by atoms with Crippen LogP contribution in [0.2, 0.25) is 0 Å². The quantitative estimate of drug-likeness (QED) is 0.788. The fourth-order valence-corrected chi connectivity index (χ4v) is 2.08. The van der Waals surface area contributed by atoms with Crippen molar-refractivity contribution >= 4 is 5.78 Å². The highest BCUT2D eigenvalue weighted by molar-refractivity contribution is 6.00. The van der Waals surface area contributed by atoms with Gasteiger partial charge in [0.25, 0.3) is 0 Å². The van der Waals surface area contributed by atoms with E-state index in [0.29, 0.717) is 18.8 Å². The number of ketones is 1. The summed E-state index contributed by atoms with van der Waals surface area (Å²) < 4.78 is 7.09. The van der Waals surface area contributed by atoms with Crippen molar-refractivity contribution in [2.45, 2.75) is 32.9 Å². The van der Waals surface area contributed by atoms with Crippen molar-refractivity contribution in [1.29, 1.82) is 0 Å². The lowest BCUT2D eigenvalue weighted by atomic mass is 9.79. The Morgan fingerprint density at radius 3 is 3.12 bits per heavy atom. The molecule has 0 aliphatic carbocycles. The molecule has 0 spiro atoms. The fraction of sp³-hybridized carbons (Fsp3) is 0.667. The summed E-state index contributed by atoms with van der Waals surface area (Å²) in [7, 11) is 0. The Labute approximate surface area is 101 Å². The molecule has 2 atom stereocenters. The zero-order valence-corrected chi connectivity index (χ0v) is 10.3. The van der Waals surface area contributed by atoms with Gasteiger partial charge in [-0.1, -0.05) is 6.92 Å². The molecule has 5 heteroatoms. The SMILES string of the molecule is CCCn1cc(C(=O)C2(C)COCC2N)cn1. The van der Waals surface area contributed by atoms with E-state index in [1.54, 1.807) is 17.1 Å². The number of carbonyl (C=O) groups excluding carboxylic acids is 1. The van der Waals surface area contributed by atoms with Crippen LogP contribution in [0.5, 0.6) is 0 Å². The largest absolute Gasteiger partial charge is 0.379 e. The number of Topliss-reactive ketones (excluding diaryl/α,β-unsaturated/α-hetero) is 1. The molecule has 0 amide bonds. The highest BCUT2D eigenvalue weighted by atomic mass is 16.5. The van der Waals surface area contributed by atoms with Crippen molar-refractivity contribution in [1.82, 2.24) is 9.78 Å². The smallest absolute Gasteiger partial charge is 0.175 e. The Bertz CT molecular complexity index is 416. The van der Waals surface area contributed by atoms with Gasteiger partial charge in [0.05, 0.1) is 30.4 Å². The summed E-state index contributed by atoms with van der Waals surface area (Å²) in [5.74, 6) is 0.0323. The minimum Gasteiger partial charge on any atom is -0.379 e. The average Bonchev–Trinajstić information content (AvgIpc) is 2.88. The van der Waals surface area contributed by atoms with Gasteiger partial charge < -0.3 is 10.5 Å². The maximum absolute atomic E-state index is 12.4. The number of nitrogens with zero attached hydrogens (tertiary/aromatic N) is 2. The molecule has 1 aromatic heterocycles. The van der Waals surface area contributed by atoms with Crippen LogP contribution >= 0.6 is 0 Å². The average molecular weight is 237 g/mol. The third kappa shape index (κ3) is 2.12. The second kappa shape index (κ2) is 4.58. The summed E-state index contributed by atoms with van der Waals surface area (Å²) >= 11 is 0. The van der Waals surface area contributed by atoms with E-state index in [0.717, 1.165) is 13.0 Å². The number of hydrogen-bond donors (Lipinski definition) is 1. The van der Waals surface area contributed by atoms with Crippen molar-refractivity contribution in [2.75, 3.05) is 13.2 Å². The zero-order valence-electron chi connectivity index (χ0n) is 10.3. The first kappa shape index (κ1) is 12.3. The second-order valence-electron chi connectivity index (χ2n) is 4.86. The van der Waals surface area contributed by atoms with Crippen LogP contribution in [0, 0.1) is 5.41 Å². The van der Waals surface area contributed by atoms with Gasteiger partial charge in [0, 0.05) is 18.8 Å². The number of carbonyl (C=O) groups is 1. The maximum atomic E-state index is 12.4. The number of hydrogen-bond acceptors (Lipinski definition) is 4. The Hall–Kier alpha value is -1.20. The van der Waals surface area contributed by atoms with Crippen molar-refractivity contribution in [3.8, 4) is 0 Å². The van der Waals surface area contributed by atoms with Gasteiger partial charge in [-0.3, -0.25) is 9.48 Å². The van der Waals surface area contributed by atoms with E-state index in [-0.39, 0.29) is 11.8 Å². The third-order valence-corrected chi connectivity index (χ3v) is 3.38. The summed E-state index contributed by atoms with van der Waals surface area (Å²) in [5.41, 5.74) is 5.96. The minimum absolute atomic E-state index is 0.0323. The summed E-state index contributed by atoms with van der Waals surface area (Å²) in [4.78, 5) is 12.4. The van der Waals surface area contributed by atoms with Gasteiger partial charge in [-0.25, -0.2) is 0 Å². The van der Waals surface area contributed by atoms with E-state index >= 15 is 0 Å². The molecule has 0 saturated carbocycles. The molecule has 1 aromatic rings. The number of ether oxygens (including phenoxy) is 1. The van der Waals surface area contributed by atoms with Gasteiger partial charge in [0.1, 0.15) is 0 Å². The standard InChI is InChI=1S/C12H19N3O2/c1-3-4-15-6-9(5-14-15)11(16)12(2)8-17-7-10(12)13/h5-6,10H,3-4,7-8,13H2,1-2H3. The maximum Gasteiger partial charge on any atom is 0.175 e. The summed E-state index contributed by atoms with van der Waals surface area (Å²) in [6.45, 7) is 5.61. The van der Waals surface area contributed by atoms with Crippen LogP contribution in [-0.2, 0) is 11.3 Å². The summed E-state index contributed by atoms with van der Waals surface area (Å²) in [6, 6.07) is -0.232. The first-order valence-corrected chi connectivity index (χ1v) is 5.98. The Morgan fingerprint density at radius 2 is 2.53 bits per heavy atom. The minimum atomic E-state index is -0.611. The van der Waals surface area contributed by atoms with Crippen molar-refractivity contribution in [2.24, 2.45) is 11.1 Å². The molecule has 0 bridgehead atoms. The monoisotopic (exact) mass is 237 g/mol. The highest BCUT2D eigenvalue weighted by Gasteiger charge is 2.44. The molecule has 1 fully saturated rings. The van der Waals surface area contributed by atoms with E-state index in [9.17, 15) is 4.79 Å². The Morgan fingerprint density at radius 1 is 1.76 bits per heavy atom. The first-order chi connectivity index (χ1) is 8.08. The molecule has 1 aliphatic rings. The lowest BCUT2D eigenvalue weighted by Crippen LogP contribution is -2.44. The summed E-state index contributed by atoms with van der Waals surface area (Å²) in [6.07, 6.45) is 4.41. The molecule has 1 saturated heterocycles. The fourth-order valence-electron chi connectivity index (χ4n) is 2.08. The van der Waals surface area contributed by atoms with Gasteiger partial charge in [-0.15, -0.1) is 0 Å². The van der Waals surface area contributed by atoms with Crippen LogP contribution < -0.4 is 5.73 Å². The second-order valence-corrected chi connectivity index (χ2v) is 4.86. The Balaban J connectivity index is 2.18. The van der Waals surface area contributed by atoms with Crippen molar-refractivity contribution in [3.63, 3.8) is 0 Å². The molecule has 2 N–H and O–H groups in total. The molecule has 5 nitrogen and oxygen atoms in total. The van der Waals surface area contributed by atoms with Crippen molar-refractivity contribution in [3.05, 3.63) is 18.0 Å². The van der Waals surface area contributed by atoms with Crippen molar-refractivity contribution < 1.29 is 9.53 Å². The van der Waals surface area contributed by atoms with Crippen LogP contribution in [0.3, 0.4) is 0 Å². The molecular formula is C12H19N3O2. The number of aromatic nitrogens is 2. The predicted molar refractivity (Wildman–Crippen MR) is 63.7 cm³/mol. The molecule has 1 aliphatic heterocycles. The van der Waals surface area contributed by atoms with Gasteiger partial charge >= 0.3 is 0 Å². The molecule has 2 unspecified atom stereocenters. The predicted octanol–water partition coefficient (Wildman–Crippen LogP) is 0.840. The lowest BCUT2D eigenvalue weighted by Gasteiger charge is -2.24. The van der Waals surface area contributed by atoms with Gasteiger partial charge in [0.15, 0.2) is 5.78 Å². The van der Waals surface area contributed by atoms with Gasteiger partial charge in [-0.2, -0.15) is 5.10 Å². The van der Waals surface area contributed by atoms with Crippen LogP contribution in [0.15, 0.2) is 12.4 Å². The highest BCUT2D eigenvalue weighted by Crippen LogP contribution is 2.31. The normalized spacial score (nSPS) is 28.5. The van der Waals surface area contributed by atoms with E-state index in [4.69, 9.17) is 10.5 Å². The Kier molecular flexibility index (Phi) is 3.31. The zero-order chi connectivity index (χ0) is 12.5. The molecule has 2 heterocycles. The number of nitrogens with two attached hydrogens (primary N) is 1. The summed E-state index contributed by atoms with van der Waals surface area (Å²) in [5, 5.41) is 4.17. The molecule has 2 rings (SSSR count). The molecule has 0 aromatic carbocycles. The third-order valence-electron chi connectivity index (χ3n) is 3.38. The molecule has 0 radical (unpaired) electrons. The van der Waals surface area contributed by atoms with Crippen LogP contribution in [0.4, 0.5) is 0 Å². The van der Waals surface area contributed by atoms with Gasteiger partial charge in [0.2, 0.25) is 0 Å². The topological polar surface area (TPSA) is 70.1 Å². The first-order valence-electron chi connectivity index (χ1n) is 5.98. The molecule has 17 heavy (non-hydrogen) atoms. The molecule has 94 valence electrons. The number of aryl methyl sites for hydroxylation is 1. The van der Waals surface area contributed by atoms with Crippen LogP contribution in [-0.4, -0.2) is 34.8 Å². The lowest BCUT2D eigenvalue weighted by molar-refractivity contribution is 0.0767. The molecular weight excluding hydrogens is 218 g/mol. The number of rotatable bonds is 4. The van der Waals surface area contributed by atoms with Crippen LogP contribution in [0.25, 0.3) is 0 Å². The van der Waals surface area contributed by atoms with E-state index in [1.165, 1.54) is 0 Å². The van der Waals surface area contributed by atoms with E-state index in [2.05, 4.69) is 12.0 Å².